The Morgan fingerprint density at radius 2 is 1.65 bits per heavy atom. The molecule has 1 atom stereocenters. The summed E-state index contributed by atoms with van der Waals surface area (Å²) in [5, 5.41) is 0. The Labute approximate surface area is 126 Å². The van der Waals surface area contributed by atoms with Crippen molar-refractivity contribution in [2.75, 3.05) is 13.1 Å². The van der Waals surface area contributed by atoms with Gasteiger partial charge in [-0.25, -0.2) is 0 Å². The molecule has 1 unspecified atom stereocenters. The van der Waals surface area contributed by atoms with Crippen molar-refractivity contribution < 1.29 is 0 Å². The van der Waals surface area contributed by atoms with Gasteiger partial charge in [0.2, 0.25) is 0 Å². The van der Waals surface area contributed by atoms with Gasteiger partial charge in [-0.3, -0.25) is 4.90 Å². The highest BCUT2D eigenvalue weighted by Gasteiger charge is 2.11. The lowest BCUT2D eigenvalue weighted by Gasteiger charge is -2.22. The van der Waals surface area contributed by atoms with Crippen molar-refractivity contribution in [2.45, 2.75) is 72.3 Å². The summed E-state index contributed by atoms with van der Waals surface area (Å²) in [5.74, 6) is 0.693. The van der Waals surface area contributed by atoms with Crippen molar-refractivity contribution in [3.05, 3.63) is 35.4 Å². The fraction of sp³-hybridized carbons (Fsp3) is 0.684. The molecule has 0 aliphatic carbocycles. The lowest BCUT2D eigenvalue weighted by atomic mass is 9.91. The van der Waals surface area contributed by atoms with Gasteiger partial charge in [0.1, 0.15) is 0 Å². The largest absolute Gasteiger partial charge is 0.300 e. The molecule has 1 rings (SSSR count). The van der Waals surface area contributed by atoms with Crippen LogP contribution >= 0.6 is 0 Å². The highest BCUT2D eigenvalue weighted by Crippen LogP contribution is 2.26. The molecule has 0 radical (unpaired) electrons. The van der Waals surface area contributed by atoms with Gasteiger partial charge in [-0.1, -0.05) is 77.6 Å². The van der Waals surface area contributed by atoms with Crippen LogP contribution in [0.4, 0.5) is 0 Å². The van der Waals surface area contributed by atoms with Crippen LogP contribution in [0.25, 0.3) is 0 Å². The number of benzene rings is 1. The van der Waals surface area contributed by atoms with Gasteiger partial charge in [0, 0.05) is 6.54 Å². The SMILES string of the molecule is CCCCCCC(C)c1ccccc1CN(CC)CC. The van der Waals surface area contributed by atoms with E-state index in [2.05, 4.69) is 56.9 Å². The summed E-state index contributed by atoms with van der Waals surface area (Å²) < 4.78 is 0. The summed E-state index contributed by atoms with van der Waals surface area (Å²) in [6.07, 6.45) is 6.80. The maximum absolute atomic E-state index is 2.50. The van der Waals surface area contributed by atoms with Crippen LogP contribution in [-0.2, 0) is 6.54 Å². The molecular weight excluding hydrogens is 242 g/mol. The molecular formula is C19H33N. The van der Waals surface area contributed by atoms with E-state index < -0.39 is 0 Å². The average molecular weight is 275 g/mol. The first-order chi connectivity index (χ1) is 9.72. The van der Waals surface area contributed by atoms with Gasteiger partial charge < -0.3 is 0 Å². The molecule has 0 bridgehead atoms. The Bertz CT molecular complexity index is 355. The molecule has 0 aromatic heterocycles. The van der Waals surface area contributed by atoms with Crippen molar-refractivity contribution in [1.29, 1.82) is 0 Å². The third-order valence-corrected chi connectivity index (χ3v) is 4.37. The molecule has 114 valence electrons. The molecule has 1 aromatic carbocycles. The Morgan fingerprint density at radius 3 is 2.30 bits per heavy atom. The Hall–Kier alpha value is -0.820. The first-order valence-electron chi connectivity index (χ1n) is 8.53. The van der Waals surface area contributed by atoms with Crippen LogP contribution in [0.5, 0.6) is 0 Å². The number of hydrogen-bond donors (Lipinski definition) is 0. The number of nitrogens with zero attached hydrogens (tertiary/aromatic N) is 1. The smallest absolute Gasteiger partial charge is 0.0236 e. The fourth-order valence-corrected chi connectivity index (χ4v) is 2.88. The van der Waals surface area contributed by atoms with Gasteiger partial charge in [-0.15, -0.1) is 0 Å². The lowest BCUT2D eigenvalue weighted by molar-refractivity contribution is 0.294. The predicted octanol–water partition coefficient (Wildman–Crippen LogP) is 5.60. The van der Waals surface area contributed by atoms with Crippen molar-refractivity contribution in [2.24, 2.45) is 0 Å². The second-order valence-electron chi connectivity index (χ2n) is 5.91. The second kappa shape index (κ2) is 9.99. The molecule has 1 heteroatoms. The summed E-state index contributed by atoms with van der Waals surface area (Å²) in [6, 6.07) is 9.04. The van der Waals surface area contributed by atoms with Crippen LogP contribution in [0, 0.1) is 0 Å². The first kappa shape index (κ1) is 17.2. The maximum atomic E-state index is 2.50. The summed E-state index contributed by atoms with van der Waals surface area (Å²) in [6.45, 7) is 12.5. The van der Waals surface area contributed by atoms with Crippen LogP contribution in [0.15, 0.2) is 24.3 Å². The molecule has 0 N–H and O–H groups in total. The molecule has 0 saturated heterocycles. The minimum absolute atomic E-state index is 0.693. The van der Waals surface area contributed by atoms with Crippen molar-refractivity contribution in [3.63, 3.8) is 0 Å². The van der Waals surface area contributed by atoms with E-state index in [0.717, 1.165) is 19.6 Å². The zero-order valence-electron chi connectivity index (χ0n) is 14.0. The van der Waals surface area contributed by atoms with E-state index in [9.17, 15) is 0 Å². The Balaban J connectivity index is 2.63. The zero-order valence-corrected chi connectivity index (χ0v) is 14.0. The zero-order chi connectivity index (χ0) is 14.8. The molecule has 0 spiro atoms. The summed E-state index contributed by atoms with van der Waals surface area (Å²) in [4.78, 5) is 2.50. The molecule has 20 heavy (non-hydrogen) atoms. The van der Waals surface area contributed by atoms with E-state index in [0.29, 0.717) is 5.92 Å². The first-order valence-corrected chi connectivity index (χ1v) is 8.53. The summed E-state index contributed by atoms with van der Waals surface area (Å²) in [7, 11) is 0. The quantitative estimate of drug-likeness (QED) is 0.502. The molecule has 0 amide bonds. The van der Waals surface area contributed by atoms with Gasteiger partial charge >= 0.3 is 0 Å². The number of hydrogen-bond acceptors (Lipinski definition) is 1. The fourth-order valence-electron chi connectivity index (χ4n) is 2.88. The average Bonchev–Trinajstić information content (AvgIpc) is 2.49. The van der Waals surface area contributed by atoms with Crippen LogP contribution in [0.1, 0.15) is 76.8 Å². The highest BCUT2D eigenvalue weighted by molar-refractivity contribution is 5.30. The highest BCUT2D eigenvalue weighted by atomic mass is 15.1. The molecule has 0 aliphatic heterocycles. The van der Waals surface area contributed by atoms with Gasteiger partial charge in [0.15, 0.2) is 0 Å². The van der Waals surface area contributed by atoms with Crippen LogP contribution in [0.3, 0.4) is 0 Å². The monoisotopic (exact) mass is 275 g/mol. The van der Waals surface area contributed by atoms with Crippen LogP contribution in [0.2, 0.25) is 0 Å². The van der Waals surface area contributed by atoms with Crippen LogP contribution < -0.4 is 0 Å². The molecule has 1 aromatic rings. The minimum Gasteiger partial charge on any atom is -0.300 e. The van der Waals surface area contributed by atoms with Gasteiger partial charge in [0.05, 0.1) is 0 Å². The standard InChI is InChI=1S/C19H33N/c1-5-8-9-10-13-17(4)19-15-12-11-14-18(19)16-20(6-2)7-3/h11-12,14-15,17H,5-10,13,16H2,1-4H3. The summed E-state index contributed by atoms with van der Waals surface area (Å²) in [5.41, 5.74) is 3.09. The van der Waals surface area contributed by atoms with E-state index in [-0.39, 0.29) is 0 Å². The van der Waals surface area contributed by atoms with E-state index in [1.54, 1.807) is 5.56 Å². The van der Waals surface area contributed by atoms with E-state index in [1.165, 1.54) is 37.7 Å². The van der Waals surface area contributed by atoms with Gasteiger partial charge in [-0.2, -0.15) is 0 Å². The predicted molar refractivity (Wildman–Crippen MR) is 90.2 cm³/mol. The Morgan fingerprint density at radius 1 is 0.950 bits per heavy atom. The summed E-state index contributed by atoms with van der Waals surface area (Å²) >= 11 is 0. The van der Waals surface area contributed by atoms with Crippen molar-refractivity contribution in [1.82, 2.24) is 4.90 Å². The van der Waals surface area contributed by atoms with Gasteiger partial charge in [0.25, 0.3) is 0 Å². The number of unbranched alkanes of at least 4 members (excludes halogenated alkanes) is 3. The lowest BCUT2D eigenvalue weighted by Crippen LogP contribution is -2.23. The molecule has 1 nitrogen and oxygen atoms in total. The molecule has 0 aliphatic rings. The van der Waals surface area contributed by atoms with E-state index >= 15 is 0 Å². The van der Waals surface area contributed by atoms with Crippen molar-refractivity contribution >= 4 is 0 Å². The molecule has 0 fully saturated rings. The maximum Gasteiger partial charge on any atom is 0.0236 e. The number of rotatable bonds is 10. The minimum atomic E-state index is 0.693. The Kier molecular flexibility index (Phi) is 8.60. The second-order valence-corrected chi connectivity index (χ2v) is 5.91. The molecule has 0 heterocycles. The normalized spacial score (nSPS) is 12.8. The van der Waals surface area contributed by atoms with Crippen molar-refractivity contribution in [3.8, 4) is 0 Å². The van der Waals surface area contributed by atoms with E-state index in [4.69, 9.17) is 0 Å². The molecule has 0 saturated carbocycles. The third kappa shape index (κ3) is 5.66. The third-order valence-electron chi connectivity index (χ3n) is 4.37. The van der Waals surface area contributed by atoms with Crippen LogP contribution in [-0.4, -0.2) is 18.0 Å². The van der Waals surface area contributed by atoms with Gasteiger partial charge in [-0.05, 0) is 36.6 Å². The topological polar surface area (TPSA) is 3.24 Å². The van der Waals surface area contributed by atoms with E-state index in [1.807, 2.05) is 0 Å².